The van der Waals surface area contributed by atoms with E-state index >= 15 is 0 Å². The van der Waals surface area contributed by atoms with Crippen LogP contribution < -0.4 is 11.2 Å². The molecule has 38 heavy (non-hydrogen) atoms. The van der Waals surface area contributed by atoms with Crippen LogP contribution in [0.3, 0.4) is 0 Å². The Bertz CT molecular complexity index is 1470. The number of halogens is 2. The minimum Gasteiger partial charge on any atom is -0.325 e. The van der Waals surface area contributed by atoms with Crippen LogP contribution >= 0.6 is 23.2 Å². The number of hydrogen-bond acceptors (Lipinski definition) is 5. The van der Waals surface area contributed by atoms with Gasteiger partial charge in [0, 0.05) is 56.9 Å². The zero-order valence-corrected chi connectivity index (χ0v) is 23.2. The van der Waals surface area contributed by atoms with Gasteiger partial charge in [0.2, 0.25) is 0 Å². The number of piperazine rings is 1. The van der Waals surface area contributed by atoms with Crippen molar-refractivity contribution in [3.8, 4) is 0 Å². The molecule has 2 aromatic carbocycles. The molecule has 8 nitrogen and oxygen atoms in total. The summed E-state index contributed by atoms with van der Waals surface area (Å²) in [5.41, 5.74) is 2.71. The van der Waals surface area contributed by atoms with Gasteiger partial charge in [0.05, 0.1) is 12.4 Å². The average Bonchev–Trinajstić information content (AvgIpc) is 3.36. The molecule has 0 bridgehead atoms. The van der Waals surface area contributed by atoms with Crippen LogP contribution in [0.5, 0.6) is 0 Å². The number of unbranched alkanes of at least 4 members (excludes halogenated alkanes) is 1. The van der Waals surface area contributed by atoms with Crippen LogP contribution in [0.15, 0.2) is 64.4 Å². The van der Waals surface area contributed by atoms with E-state index in [9.17, 15) is 9.59 Å². The zero-order valence-electron chi connectivity index (χ0n) is 21.7. The lowest BCUT2D eigenvalue weighted by Gasteiger charge is -2.40. The fraction of sp³-hybridized carbons (Fsp3) is 0.393. The summed E-state index contributed by atoms with van der Waals surface area (Å²) in [6.45, 7) is 5.61. The zero-order chi connectivity index (χ0) is 26.8. The number of aromatic nitrogens is 4. The van der Waals surface area contributed by atoms with Gasteiger partial charge in [0.25, 0.3) is 5.56 Å². The van der Waals surface area contributed by atoms with Crippen LogP contribution in [0.25, 0.3) is 11.2 Å². The second-order valence-electron chi connectivity index (χ2n) is 9.91. The number of imidazole rings is 1. The van der Waals surface area contributed by atoms with Crippen molar-refractivity contribution in [2.75, 3.05) is 32.7 Å². The Hall–Kier alpha value is -2.91. The van der Waals surface area contributed by atoms with E-state index in [4.69, 9.17) is 23.2 Å². The van der Waals surface area contributed by atoms with E-state index in [2.05, 4.69) is 39.0 Å². The second kappa shape index (κ2) is 11.5. The first-order valence-electron chi connectivity index (χ1n) is 12.9. The lowest BCUT2D eigenvalue weighted by Crippen LogP contribution is -2.48. The third-order valence-corrected chi connectivity index (χ3v) is 7.99. The van der Waals surface area contributed by atoms with Crippen molar-refractivity contribution in [2.45, 2.75) is 25.4 Å². The third-order valence-electron chi connectivity index (χ3n) is 7.48. The molecule has 0 aliphatic carbocycles. The summed E-state index contributed by atoms with van der Waals surface area (Å²) in [7, 11) is 3.15. The van der Waals surface area contributed by atoms with Crippen molar-refractivity contribution in [1.29, 1.82) is 0 Å². The van der Waals surface area contributed by atoms with Crippen molar-refractivity contribution in [1.82, 2.24) is 28.5 Å². The van der Waals surface area contributed by atoms with Gasteiger partial charge in [0.1, 0.15) is 0 Å². The van der Waals surface area contributed by atoms with Crippen LogP contribution in [0.4, 0.5) is 0 Å². The minimum absolute atomic E-state index is 0.153. The molecule has 0 N–H and O–H groups in total. The number of rotatable bonds is 8. The molecule has 1 saturated heterocycles. The maximum absolute atomic E-state index is 12.7. The molecule has 200 valence electrons. The van der Waals surface area contributed by atoms with Gasteiger partial charge < -0.3 is 9.47 Å². The Kier molecular flexibility index (Phi) is 8.04. The molecular formula is C28H32Cl2N6O2. The van der Waals surface area contributed by atoms with Crippen molar-refractivity contribution in [2.24, 2.45) is 14.1 Å². The third kappa shape index (κ3) is 5.45. The normalized spacial score (nSPS) is 15.1. The summed E-state index contributed by atoms with van der Waals surface area (Å²) in [6.07, 6.45) is 3.61. The van der Waals surface area contributed by atoms with Crippen molar-refractivity contribution in [3.63, 3.8) is 0 Å². The molecule has 2 aromatic heterocycles. The second-order valence-corrected chi connectivity index (χ2v) is 10.8. The fourth-order valence-electron chi connectivity index (χ4n) is 5.33. The molecular weight excluding hydrogens is 523 g/mol. The smallest absolute Gasteiger partial charge is 0.325 e. The molecule has 0 atom stereocenters. The number of benzene rings is 2. The van der Waals surface area contributed by atoms with Crippen LogP contribution in [0, 0.1) is 0 Å². The maximum Gasteiger partial charge on any atom is 0.332 e. The Morgan fingerprint density at radius 3 is 1.92 bits per heavy atom. The number of fused-ring (bicyclic) bond motifs is 1. The Labute approximate surface area is 231 Å². The first kappa shape index (κ1) is 26.7. The van der Waals surface area contributed by atoms with Crippen LogP contribution in [0.1, 0.15) is 30.0 Å². The number of aryl methyl sites for hydroxylation is 2. The molecule has 1 fully saturated rings. The van der Waals surface area contributed by atoms with Crippen molar-refractivity contribution >= 4 is 34.4 Å². The summed E-state index contributed by atoms with van der Waals surface area (Å²) in [6, 6.07) is 16.4. The number of nitrogens with zero attached hydrogens (tertiary/aromatic N) is 6. The molecule has 1 aliphatic heterocycles. The molecule has 5 rings (SSSR count). The first-order chi connectivity index (χ1) is 18.3. The molecule has 0 unspecified atom stereocenters. The average molecular weight is 556 g/mol. The predicted molar refractivity (Wildman–Crippen MR) is 152 cm³/mol. The highest BCUT2D eigenvalue weighted by atomic mass is 35.5. The summed E-state index contributed by atoms with van der Waals surface area (Å²) >= 11 is 12.3. The van der Waals surface area contributed by atoms with Crippen LogP contribution in [0.2, 0.25) is 10.0 Å². The lowest BCUT2D eigenvalue weighted by molar-refractivity contribution is 0.108. The van der Waals surface area contributed by atoms with Gasteiger partial charge in [-0.1, -0.05) is 47.5 Å². The van der Waals surface area contributed by atoms with E-state index in [0.717, 1.165) is 60.2 Å². The molecule has 3 heterocycles. The standard InChI is InChI=1S/C28H32Cl2N6O2/c1-32-26-25(27(37)33(2)28(32)38)36(19-31-26)14-4-3-13-34-15-17-35(18-16-34)24(20-5-9-22(29)10-6-20)21-7-11-23(30)12-8-21/h5-12,19,24H,3-4,13-18H2,1-2H3. The maximum atomic E-state index is 12.7. The number of hydrogen-bond donors (Lipinski definition) is 0. The Morgan fingerprint density at radius 1 is 0.789 bits per heavy atom. The van der Waals surface area contributed by atoms with E-state index in [1.54, 1.807) is 13.4 Å². The van der Waals surface area contributed by atoms with E-state index in [1.165, 1.54) is 22.7 Å². The van der Waals surface area contributed by atoms with Gasteiger partial charge in [-0.2, -0.15) is 0 Å². The highest BCUT2D eigenvalue weighted by Crippen LogP contribution is 2.31. The van der Waals surface area contributed by atoms with E-state index in [1.807, 2.05) is 28.8 Å². The van der Waals surface area contributed by atoms with Gasteiger partial charge in [-0.05, 0) is 54.8 Å². The quantitative estimate of drug-likeness (QED) is 0.309. The molecule has 1 aliphatic rings. The van der Waals surface area contributed by atoms with Gasteiger partial charge in [-0.15, -0.1) is 0 Å². The molecule has 4 aromatic rings. The first-order valence-corrected chi connectivity index (χ1v) is 13.7. The van der Waals surface area contributed by atoms with E-state index in [-0.39, 0.29) is 17.3 Å². The summed E-state index contributed by atoms with van der Waals surface area (Å²) in [4.78, 5) is 34.2. The topological polar surface area (TPSA) is 68.3 Å². The Morgan fingerprint density at radius 2 is 1.34 bits per heavy atom. The molecule has 10 heteroatoms. The van der Waals surface area contributed by atoms with Crippen molar-refractivity contribution < 1.29 is 0 Å². The van der Waals surface area contributed by atoms with Gasteiger partial charge in [-0.25, -0.2) is 9.78 Å². The highest BCUT2D eigenvalue weighted by molar-refractivity contribution is 6.30. The molecule has 0 spiro atoms. The molecule has 0 saturated carbocycles. The van der Waals surface area contributed by atoms with Gasteiger partial charge in [-0.3, -0.25) is 18.8 Å². The Balaban J connectivity index is 1.18. The SMILES string of the molecule is Cn1c(=O)c2c(ncn2CCCCN2CCN(C(c3ccc(Cl)cc3)c3ccc(Cl)cc3)CC2)n(C)c1=O. The van der Waals surface area contributed by atoms with E-state index in [0.29, 0.717) is 17.7 Å². The van der Waals surface area contributed by atoms with Crippen molar-refractivity contribution in [3.05, 3.63) is 96.9 Å². The monoisotopic (exact) mass is 554 g/mol. The summed E-state index contributed by atoms with van der Waals surface area (Å²) in [5, 5.41) is 1.48. The van der Waals surface area contributed by atoms with Gasteiger partial charge in [0.15, 0.2) is 11.2 Å². The summed E-state index contributed by atoms with van der Waals surface area (Å²) < 4.78 is 4.44. The fourth-order valence-corrected chi connectivity index (χ4v) is 5.59. The van der Waals surface area contributed by atoms with Crippen LogP contribution in [-0.2, 0) is 20.6 Å². The van der Waals surface area contributed by atoms with E-state index < -0.39 is 0 Å². The lowest BCUT2D eigenvalue weighted by atomic mass is 9.96. The summed E-state index contributed by atoms with van der Waals surface area (Å²) in [5.74, 6) is 0. The predicted octanol–water partition coefficient (Wildman–Crippen LogP) is 3.93. The molecule has 0 radical (unpaired) electrons. The van der Waals surface area contributed by atoms with Gasteiger partial charge >= 0.3 is 5.69 Å². The molecule has 0 amide bonds. The largest absolute Gasteiger partial charge is 0.332 e. The highest BCUT2D eigenvalue weighted by Gasteiger charge is 2.26. The minimum atomic E-state index is -0.360. The van der Waals surface area contributed by atoms with Crippen LogP contribution in [-0.4, -0.2) is 61.2 Å².